The van der Waals surface area contributed by atoms with Crippen LogP contribution in [0.4, 0.5) is 11.6 Å². The van der Waals surface area contributed by atoms with Crippen LogP contribution >= 0.6 is 0 Å². The second kappa shape index (κ2) is 6.17. The molecule has 0 aromatic carbocycles. The first-order chi connectivity index (χ1) is 10.7. The standard InChI is InChI=1S/C16H21N5O/c1-12(2)21-14(7-9-18-21)19-16(22)13-6-5-8-17-15(13)20-10-3-4-11-20/h5-9,12H,3-4,10-11H2,1-2H3,(H,18,19,22)/p+1. The van der Waals surface area contributed by atoms with E-state index in [9.17, 15) is 4.79 Å². The van der Waals surface area contributed by atoms with Crippen molar-refractivity contribution in [3.63, 3.8) is 0 Å². The summed E-state index contributed by atoms with van der Waals surface area (Å²) >= 11 is 0. The molecule has 0 spiro atoms. The van der Waals surface area contributed by atoms with E-state index >= 15 is 0 Å². The van der Waals surface area contributed by atoms with Gasteiger partial charge in [0.2, 0.25) is 0 Å². The van der Waals surface area contributed by atoms with Crippen LogP contribution in [0.1, 0.15) is 43.1 Å². The predicted octanol–water partition coefficient (Wildman–Crippen LogP) is 2.13. The SMILES string of the molecule is CC(C)[n+]1[nH]ccc1NC(=O)c1cccnc1N1CCCC1. The van der Waals surface area contributed by atoms with E-state index in [0.29, 0.717) is 5.56 Å². The number of carbonyl (C=O) groups excluding carboxylic acids is 1. The van der Waals surface area contributed by atoms with Crippen molar-refractivity contribution < 1.29 is 9.48 Å². The van der Waals surface area contributed by atoms with E-state index in [-0.39, 0.29) is 11.9 Å². The van der Waals surface area contributed by atoms with Gasteiger partial charge in [-0.05, 0) is 38.8 Å². The number of amides is 1. The fourth-order valence-electron chi connectivity index (χ4n) is 2.81. The predicted molar refractivity (Wildman–Crippen MR) is 85.0 cm³/mol. The summed E-state index contributed by atoms with van der Waals surface area (Å²) in [4.78, 5) is 19.3. The lowest BCUT2D eigenvalue weighted by molar-refractivity contribution is -0.754. The Morgan fingerprint density at radius 1 is 1.36 bits per heavy atom. The molecule has 3 heterocycles. The van der Waals surface area contributed by atoms with Crippen molar-refractivity contribution in [1.82, 2.24) is 10.1 Å². The molecule has 116 valence electrons. The summed E-state index contributed by atoms with van der Waals surface area (Å²) in [6, 6.07) is 5.76. The number of hydrogen-bond acceptors (Lipinski definition) is 3. The third-order valence-corrected chi connectivity index (χ3v) is 3.91. The number of aromatic amines is 1. The van der Waals surface area contributed by atoms with Gasteiger partial charge < -0.3 is 4.90 Å². The summed E-state index contributed by atoms with van der Waals surface area (Å²) < 4.78 is 1.92. The lowest BCUT2D eigenvalue weighted by Crippen LogP contribution is -2.41. The number of nitrogens with one attached hydrogen (secondary N) is 2. The van der Waals surface area contributed by atoms with Crippen LogP contribution in [-0.4, -0.2) is 29.1 Å². The van der Waals surface area contributed by atoms with Gasteiger partial charge in [0.1, 0.15) is 17.4 Å². The van der Waals surface area contributed by atoms with Gasteiger partial charge in [0.05, 0.1) is 0 Å². The highest BCUT2D eigenvalue weighted by Crippen LogP contribution is 2.22. The Morgan fingerprint density at radius 2 is 2.14 bits per heavy atom. The minimum Gasteiger partial charge on any atom is -0.356 e. The summed E-state index contributed by atoms with van der Waals surface area (Å²) in [7, 11) is 0. The fraction of sp³-hybridized carbons (Fsp3) is 0.438. The molecule has 6 nitrogen and oxygen atoms in total. The van der Waals surface area contributed by atoms with Crippen molar-refractivity contribution in [1.29, 1.82) is 0 Å². The van der Waals surface area contributed by atoms with E-state index in [4.69, 9.17) is 0 Å². The maximum atomic E-state index is 12.7. The van der Waals surface area contributed by atoms with Gasteiger partial charge in [0.25, 0.3) is 0 Å². The lowest BCUT2D eigenvalue weighted by atomic mass is 10.2. The molecule has 1 aliphatic rings. The Hall–Kier alpha value is -2.37. The Morgan fingerprint density at radius 3 is 2.86 bits per heavy atom. The molecule has 1 aliphatic heterocycles. The van der Waals surface area contributed by atoms with Crippen molar-refractivity contribution in [3.8, 4) is 0 Å². The van der Waals surface area contributed by atoms with Crippen molar-refractivity contribution in [3.05, 3.63) is 36.2 Å². The number of carbonyl (C=O) groups is 1. The van der Waals surface area contributed by atoms with Crippen molar-refractivity contribution in [2.45, 2.75) is 32.7 Å². The van der Waals surface area contributed by atoms with E-state index in [1.54, 1.807) is 6.20 Å². The van der Waals surface area contributed by atoms with Gasteiger partial charge in [0.15, 0.2) is 0 Å². The van der Waals surface area contributed by atoms with Gasteiger partial charge in [-0.2, -0.15) is 4.68 Å². The van der Waals surface area contributed by atoms with E-state index in [1.165, 1.54) is 0 Å². The van der Waals surface area contributed by atoms with Crippen molar-refractivity contribution in [2.75, 3.05) is 23.3 Å². The summed E-state index contributed by atoms with van der Waals surface area (Å²) in [5.41, 5.74) is 0.626. The first kappa shape index (κ1) is 14.6. The number of pyridine rings is 1. The fourth-order valence-corrected chi connectivity index (χ4v) is 2.81. The van der Waals surface area contributed by atoms with Crippen LogP contribution in [0.5, 0.6) is 0 Å². The Bertz CT molecular complexity index is 658. The average Bonchev–Trinajstić information content (AvgIpc) is 3.18. The minimum absolute atomic E-state index is 0.121. The molecule has 0 bridgehead atoms. The molecule has 0 unspecified atom stereocenters. The average molecular weight is 300 g/mol. The molecule has 3 rings (SSSR count). The smallest absolute Gasteiger partial charge is 0.342 e. The highest BCUT2D eigenvalue weighted by Gasteiger charge is 2.25. The third-order valence-electron chi connectivity index (χ3n) is 3.91. The molecule has 2 aromatic heterocycles. The highest BCUT2D eigenvalue weighted by atomic mass is 16.1. The van der Waals surface area contributed by atoms with Gasteiger partial charge in [-0.1, -0.05) is 0 Å². The zero-order valence-corrected chi connectivity index (χ0v) is 13.0. The van der Waals surface area contributed by atoms with E-state index < -0.39 is 0 Å². The van der Waals surface area contributed by atoms with Crippen LogP contribution < -0.4 is 14.9 Å². The molecule has 1 fully saturated rings. The first-order valence-electron chi connectivity index (χ1n) is 7.77. The molecule has 2 N–H and O–H groups in total. The number of anilines is 2. The van der Waals surface area contributed by atoms with Gasteiger partial charge in [-0.15, -0.1) is 0 Å². The van der Waals surface area contributed by atoms with Gasteiger partial charge >= 0.3 is 11.7 Å². The first-order valence-corrected chi connectivity index (χ1v) is 7.77. The number of rotatable bonds is 4. The quantitative estimate of drug-likeness (QED) is 0.850. The highest BCUT2D eigenvalue weighted by molar-refractivity contribution is 6.06. The summed E-state index contributed by atoms with van der Waals surface area (Å²) in [5, 5.41) is 6.09. The van der Waals surface area contributed by atoms with E-state index in [0.717, 1.165) is 37.6 Å². The zero-order chi connectivity index (χ0) is 15.5. The molecule has 0 radical (unpaired) electrons. The molecule has 1 saturated heterocycles. The van der Waals surface area contributed by atoms with Crippen LogP contribution in [-0.2, 0) is 0 Å². The number of aromatic nitrogens is 3. The molecule has 22 heavy (non-hydrogen) atoms. The van der Waals surface area contributed by atoms with E-state index in [2.05, 4.69) is 34.1 Å². The van der Waals surface area contributed by atoms with Crippen LogP contribution in [0.25, 0.3) is 0 Å². The second-order valence-electron chi connectivity index (χ2n) is 5.83. The molecule has 0 atom stereocenters. The van der Waals surface area contributed by atoms with Crippen molar-refractivity contribution >= 4 is 17.5 Å². The molecular formula is C16H22N5O+. The number of nitrogens with zero attached hydrogens (tertiary/aromatic N) is 3. The summed E-state index contributed by atoms with van der Waals surface area (Å²) in [6.07, 6.45) is 5.88. The summed E-state index contributed by atoms with van der Waals surface area (Å²) in [6.45, 7) is 6.05. The second-order valence-corrected chi connectivity index (χ2v) is 5.83. The Labute approximate surface area is 130 Å². The van der Waals surface area contributed by atoms with Gasteiger partial charge in [-0.25, -0.2) is 20.2 Å². The summed E-state index contributed by atoms with van der Waals surface area (Å²) in [5.74, 6) is 1.42. The van der Waals surface area contributed by atoms with Crippen LogP contribution in [0.2, 0.25) is 0 Å². The zero-order valence-electron chi connectivity index (χ0n) is 13.0. The number of H-pyrrole nitrogens is 1. The largest absolute Gasteiger partial charge is 0.356 e. The molecule has 2 aromatic rings. The minimum atomic E-state index is -0.121. The maximum absolute atomic E-state index is 12.7. The topological polar surface area (TPSA) is 64.9 Å². The van der Waals surface area contributed by atoms with Crippen LogP contribution in [0.3, 0.4) is 0 Å². The lowest BCUT2D eigenvalue weighted by Gasteiger charge is -2.18. The molecule has 0 aliphatic carbocycles. The van der Waals surface area contributed by atoms with E-state index in [1.807, 2.05) is 29.1 Å². The normalized spacial score (nSPS) is 14.6. The molecule has 1 amide bonds. The maximum Gasteiger partial charge on any atom is 0.342 e. The molecule has 0 saturated carbocycles. The third kappa shape index (κ3) is 2.81. The van der Waals surface area contributed by atoms with Gasteiger partial charge in [0, 0.05) is 31.5 Å². The van der Waals surface area contributed by atoms with Gasteiger partial charge in [-0.3, -0.25) is 0 Å². The molecular weight excluding hydrogens is 278 g/mol. The van der Waals surface area contributed by atoms with Crippen molar-refractivity contribution in [2.24, 2.45) is 0 Å². The Kier molecular flexibility index (Phi) is 4.09. The van der Waals surface area contributed by atoms with Crippen LogP contribution in [0.15, 0.2) is 30.6 Å². The monoisotopic (exact) mass is 300 g/mol. The Balaban J connectivity index is 1.84. The number of hydrogen-bond donors (Lipinski definition) is 2. The molecule has 6 heteroatoms. The van der Waals surface area contributed by atoms with Crippen LogP contribution in [0, 0.1) is 0 Å².